The third-order valence-corrected chi connectivity index (χ3v) is 3.45. The van der Waals surface area contributed by atoms with Crippen molar-refractivity contribution in [2.45, 2.75) is 13.0 Å². The zero-order valence-electron chi connectivity index (χ0n) is 10.9. The van der Waals surface area contributed by atoms with E-state index < -0.39 is 0 Å². The van der Waals surface area contributed by atoms with Crippen LogP contribution >= 0.6 is 0 Å². The summed E-state index contributed by atoms with van der Waals surface area (Å²) < 4.78 is 0. The Kier molecular flexibility index (Phi) is 4.03. The molecule has 1 saturated heterocycles. The Hall–Kier alpha value is -2.06. The number of carbonyl (C=O) groups excluding carboxylic acids is 1. The molecule has 1 N–H and O–H groups in total. The fraction of sp³-hybridized carbons (Fsp3) is 0.429. The lowest BCUT2D eigenvalue weighted by molar-refractivity contribution is 0.0615. The molecule has 0 aromatic heterocycles. The Morgan fingerprint density at radius 3 is 2.37 bits per heavy atom. The molecule has 2 rings (SSSR count). The van der Waals surface area contributed by atoms with Crippen molar-refractivity contribution in [3.8, 4) is 11.8 Å². The molecule has 1 aromatic rings. The molecule has 19 heavy (non-hydrogen) atoms. The molecule has 100 valence electrons. The second-order valence-corrected chi connectivity index (χ2v) is 4.68. The Morgan fingerprint density at radius 2 is 1.84 bits per heavy atom. The minimum atomic E-state index is -0.106. The van der Waals surface area contributed by atoms with Crippen LogP contribution in [-0.2, 0) is 0 Å². The maximum absolute atomic E-state index is 12.2. The molecular formula is C14H17N3O2. The van der Waals surface area contributed by atoms with E-state index in [2.05, 4.69) is 11.0 Å². The van der Waals surface area contributed by atoms with Crippen molar-refractivity contribution in [2.75, 3.05) is 26.2 Å². The monoisotopic (exact) mass is 259 g/mol. The molecule has 1 aliphatic heterocycles. The van der Waals surface area contributed by atoms with Crippen molar-refractivity contribution < 1.29 is 9.90 Å². The van der Waals surface area contributed by atoms with Gasteiger partial charge in [-0.2, -0.15) is 5.26 Å². The summed E-state index contributed by atoms with van der Waals surface area (Å²) in [6.07, 6.45) is 0. The Morgan fingerprint density at radius 1 is 1.26 bits per heavy atom. The third-order valence-electron chi connectivity index (χ3n) is 3.45. The van der Waals surface area contributed by atoms with Crippen LogP contribution in [0.25, 0.3) is 0 Å². The zero-order valence-corrected chi connectivity index (χ0v) is 10.9. The standard InChI is InChI=1S/C14H17N3O2/c1-11(10-15)16-6-8-17(9-7-16)14(19)12-2-4-13(18)5-3-12/h2-5,11,18H,6-9H2,1H3. The van der Waals surface area contributed by atoms with Gasteiger partial charge in [0.2, 0.25) is 0 Å². The number of hydrogen-bond donors (Lipinski definition) is 1. The van der Waals surface area contributed by atoms with Crippen LogP contribution in [0.1, 0.15) is 17.3 Å². The maximum Gasteiger partial charge on any atom is 0.253 e. The SMILES string of the molecule is CC(C#N)N1CCN(C(=O)c2ccc(O)cc2)CC1. The molecule has 0 radical (unpaired) electrons. The average molecular weight is 259 g/mol. The second-order valence-electron chi connectivity index (χ2n) is 4.68. The van der Waals surface area contributed by atoms with E-state index in [4.69, 9.17) is 5.26 Å². The van der Waals surface area contributed by atoms with Gasteiger partial charge < -0.3 is 10.0 Å². The number of aromatic hydroxyl groups is 1. The maximum atomic E-state index is 12.2. The van der Waals surface area contributed by atoms with Gasteiger partial charge in [-0.1, -0.05) is 0 Å². The van der Waals surface area contributed by atoms with Gasteiger partial charge in [-0.05, 0) is 31.2 Å². The summed E-state index contributed by atoms with van der Waals surface area (Å²) in [6.45, 7) is 4.58. The van der Waals surface area contributed by atoms with E-state index in [-0.39, 0.29) is 17.7 Å². The van der Waals surface area contributed by atoms with Gasteiger partial charge in [0.1, 0.15) is 5.75 Å². The number of nitriles is 1. The first-order valence-electron chi connectivity index (χ1n) is 6.34. The number of carbonyl (C=O) groups is 1. The zero-order chi connectivity index (χ0) is 13.8. The van der Waals surface area contributed by atoms with E-state index in [0.717, 1.165) is 13.1 Å². The van der Waals surface area contributed by atoms with E-state index in [0.29, 0.717) is 18.7 Å². The highest BCUT2D eigenvalue weighted by Crippen LogP contribution is 2.14. The van der Waals surface area contributed by atoms with Gasteiger partial charge in [0.05, 0.1) is 12.1 Å². The van der Waals surface area contributed by atoms with Crippen molar-refractivity contribution in [3.63, 3.8) is 0 Å². The molecule has 1 unspecified atom stereocenters. The summed E-state index contributed by atoms with van der Waals surface area (Å²) in [7, 11) is 0. The first kappa shape index (κ1) is 13.4. The molecular weight excluding hydrogens is 242 g/mol. The molecule has 5 nitrogen and oxygen atoms in total. The molecule has 1 atom stereocenters. The van der Waals surface area contributed by atoms with Gasteiger partial charge in [-0.25, -0.2) is 0 Å². The lowest BCUT2D eigenvalue weighted by atomic mass is 10.1. The molecule has 1 aliphatic rings. The van der Waals surface area contributed by atoms with Crippen LogP contribution in [0, 0.1) is 11.3 Å². The average Bonchev–Trinajstić information content (AvgIpc) is 2.46. The van der Waals surface area contributed by atoms with Crippen LogP contribution in [0.15, 0.2) is 24.3 Å². The van der Waals surface area contributed by atoms with Gasteiger partial charge in [-0.3, -0.25) is 9.69 Å². The highest BCUT2D eigenvalue weighted by atomic mass is 16.3. The van der Waals surface area contributed by atoms with Crippen LogP contribution in [0.2, 0.25) is 0 Å². The number of piperazine rings is 1. The topological polar surface area (TPSA) is 67.6 Å². The first-order chi connectivity index (χ1) is 9.11. The lowest BCUT2D eigenvalue weighted by Gasteiger charge is -2.35. The Balaban J connectivity index is 1.96. The van der Waals surface area contributed by atoms with E-state index in [9.17, 15) is 9.90 Å². The van der Waals surface area contributed by atoms with E-state index in [1.165, 1.54) is 12.1 Å². The fourth-order valence-electron chi connectivity index (χ4n) is 2.18. The minimum Gasteiger partial charge on any atom is -0.508 e. The van der Waals surface area contributed by atoms with Crippen molar-refractivity contribution in [2.24, 2.45) is 0 Å². The van der Waals surface area contributed by atoms with Crippen molar-refractivity contribution >= 4 is 5.91 Å². The Bertz CT molecular complexity index is 484. The van der Waals surface area contributed by atoms with Crippen LogP contribution in [0.3, 0.4) is 0 Å². The molecule has 0 aliphatic carbocycles. The van der Waals surface area contributed by atoms with Crippen molar-refractivity contribution in [3.05, 3.63) is 29.8 Å². The van der Waals surface area contributed by atoms with Gasteiger partial charge in [0.15, 0.2) is 0 Å². The molecule has 5 heteroatoms. The normalized spacial score (nSPS) is 17.8. The van der Waals surface area contributed by atoms with Crippen LogP contribution < -0.4 is 0 Å². The van der Waals surface area contributed by atoms with Gasteiger partial charge in [0.25, 0.3) is 5.91 Å². The van der Waals surface area contributed by atoms with E-state index in [1.54, 1.807) is 17.0 Å². The van der Waals surface area contributed by atoms with Crippen molar-refractivity contribution in [1.82, 2.24) is 9.80 Å². The third kappa shape index (κ3) is 3.04. The quantitative estimate of drug-likeness (QED) is 0.862. The van der Waals surface area contributed by atoms with Gasteiger partial charge in [0, 0.05) is 31.7 Å². The largest absolute Gasteiger partial charge is 0.508 e. The number of rotatable bonds is 2. The number of amides is 1. The number of phenolic OH excluding ortho intramolecular Hbond substituents is 1. The summed E-state index contributed by atoms with van der Waals surface area (Å²) in [5.41, 5.74) is 0.583. The number of nitrogens with zero attached hydrogens (tertiary/aromatic N) is 3. The van der Waals surface area contributed by atoms with Crippen molar-refractivity contribution in [1.29, 1.82) is 5.26 Å². The molecule has 1 aromatic carbocycles. The molecule has 1 amide bonds. The smallest absolute Gasteiger partial charge is 0.253 e. The van der Waals surface area contributed by atoms with E-state index in [1.807, 2.05) is 6.92 Å². The number of phenols is 1. The molecule has 1 heterocycles. The number of benzene rings is 1. The minimum absolute atomic E-state index is 0.0238. The van der Waals surface area contributed by atoms with Crippen LogP contribution in [-0.4, -0.2) is 53.0 Å². The number of hydrogen-bond acceptors (Lipinski definition) is 4. The predicted molar refractivity (Wildman–Crippen MR) is 70.7 cm³/mol. The fourth-order valence-corrected chi connectivity index (χ4v) is 2.18. The summed E-state index contributed by atoms with van der Waals surface area (Å²) in [4.78, 5) is 16.1. The first-order valence-corrected chi connectivity index (χ1v) is 6.34. The highest BCUT2D eigenvalue weighted by molar-refractivity contribution is 5.94. The van der Waals surface area contributed by atoms with Crippen LogP contribution in [0.5, 0.6) is 5.75 Å². The van der Waals surface area contributed by atoms with E-state index >= 15 is 0 Å². The van der Waals surface area contributed by atoms with Gasteiger partial charge >= 0.3 is 0 Å². The molecule has 0 spiro atoms. The summed E-state index contributed by atoms with van der Waals surface area (Å²) in [6, 6.07) is 8.39. The molecule has 1 fully saturated rings. The lowest BCUT2D eigenvalue weighted by Crippen LogP contribution is -2.51. The highest BCUT2D eigenvalue weighted by Gasteiger charge is 2.24. The van der Waals surface area contributed by atoms with Gasteiger partial charge in [-0.15, -0.1) is 0 Å². The molecule has 0 bridgehead atoms. The van der Waals surface area contributed by atoms with Crippen LogP contribution in [0.4, 0.5) is 0 Å². The second kappa shape index (κ2) is 5.72. The predicted octanol–water partition coefficient (Wildman–Crippen LogP) is 1.06. The molecule has 0 saturated carbocycles. The Labute approximate surface area is 112 Å². The summed E-state index contributed by atoms with van der Waals surface area (Å²) in [5, 5.41) is 18.1. The summed E-state index contributed by atoms with van der Waals surface area (Å²) >= 11 is 0. The summed E-state index contributed by atoms with van der Waals surface area (Å²) in [5.74, 6) is 0.133.